The van der Waals surface area contributed by atoms with Crippen LogP contribution >= 0.6 is 28.1 Å². The zero-order valence-corrected chi connectivity index (χ0v) is 20.5. The van der Waals surface area contributed by atoms with E-state index in [1.165, 1.54) is 0 Å². The van der Waals surface area contributed by atoms with Gasteiger partial charge in [0.2, 0.25) is 0 Å². The molecule has 0 aliphatic carbocycles. The summed E-state index contributed by atoms with van der Waals surface area (Å²) in [6.45, 7) is 2.72. The lowest BCUT2D eigenvalue weighted by atomic mass is 10.2. The van der Waals surface area contributed by atoms with Crippen molar-refractivity contribution in [2.45, 2.75) is 19.8 Å². The summed E-state index contributed by atoms with van der Waals surface area (Å²) in [6.07, 6.45) is 2.01. The summed E-state index contributed by atoms with van der Waals surface area (Å²) in [4.78, 5) is 25.1. The number of rotatable bonds is 8. The molecule has 170 valence electrons. The average Bonchev–Trinajstić information content (AvgIpc) is 2.81. The molecule has 0 saturated carbocycles. The van der Waals surface area contributed by atoms with E-state index in [-0.39, 0.29) is 16.9 Å². The van der Waals surface area contributed by atoms with Crippen molar-refractivity contribution >= 4 is 56.4 Å². The Bertz CT molecular complexity index is 1140. The van der Waals surface area contributed by atoms with E-state index in [4.69, 9.17) is 17.0 Å². The number of anilines is 2. The van der Waals surface area contributed by atoms with Crippen LogP contribution in [0.1, 0.15) is 40.5 Å². The molecule has 33 heavy (non-hydrogen) atoms. The predicted molar refractivity (Wildman–Crippen MR) is 139 cm³/mol. The van der Waals surface area contributed by atoms with Gasteiger partial charge in [-0.3, -0.25) is 14.9 Å². The molecule has 8 heteroatoms. The van der Waals surface area contributed by atoms with Crippen LogP contribution in [-0.2, 0) is 0 Å². The number of hydrogen-bond acceptors (Lipinski definition) is 4. The Labute approximate surface area is 206 Å². The fraction of sp³-hybridized carbons (Fsp3) is 0.160. The number of halogens is 1. The topological polar surface area (TPSA) is 79.5 Å². The van der Waals surface area contributed by atoms with Gasteiger partial charge < -0.3 is 15.4 Å². The average molecular weight is 526 g/mol. The molecule has 0 atom stereocenters. The van der Waals surface area contributed by atoms with Gasteiger partial charge in [-0.15, -0.1) is 0 Å². The molecule has 0 spiro atoms. The van der Waals surface area contributed by atoms with Crippen molar-refractivity contribution in [2.24, 2.45) is 0 Å². The molecule has 6 nitrogen and oxygen atoms in total. The van der Waals surface area contributed by atoms with E-state index < -0.39 is 0 Å². The van der Waals surface area contributed by atoms with Crippen LogP contribution in [0.5, 0.6) is 5.75 Å². The second-order valence-corrected chi connectivity index (χ2v) is 8.42. The minimum atomic E-state index is -0.355. The van der Waals surface area contributed by atoms with Crippen LogP contribution in [0.4, 0.5) is 11.4 Å². The molecule has 3 rings (SSSR count). The highest BCUT2D eigenvalue weighted by Crippen LogP contribution is 2.26. The van der Waals surface area contributed by atoms with Crippen LogP contribution in [0, 0.1) is 0 Å². The smallest absolute Gasteiger partial charge is 0.257 e. The molecule has 0 heterocycles. The summed E-state index contributed by atoms with van der Waals surface area (Å²) >= 11 is 8.72. The summed E-state index contributed by atoms with van der Waals surface area (Å²) in [5.41, 5.74) is 2.18. The number of hydrogen-bond donors (Lipinski definition) is 3. The lowest BCUT2D eigenvalue weighted by Gasteiger charge is -2.12. The molecule has 0 fully saturated rings. The molecule has 2 amide bonds. The molecule has 0 aliphatic heterocycles. The van der Waals surface area contributed by atoms with Gasteiger partial charge in [-0.1, -0.05) is 37.6 Å². The number of nitrogens with one attached hydrogen (secondary N) is 3. The molecule has 3 N–H and O–H groups in total. The Balaban J connectivity index is 1.58. The molecule has 0 aromatic heterocycles. The maximum atomic E-state index is 12.6. The lowest BCUT2D eigenvalue weighted by Crippen LogP contribution is -2.34. The zero-order chi connectivity index (χ0) is 23.6. The number of para-hydroxylation sites is 1. The molecular weight excluding hydrogens is 502 g/mol. The highest BCUT2D eigenvalue weighted by molar-refractivity contribution is 9.10. The van der Waals surface area contributed by atoms with Gasteiger partial charge in [0.15, 0.2) is 5.11 Å². The SMILES string of the molecule is CCCCOc1ccc(C(=O)NC(=S)Nc2cccc(C(=O)Nc3ccccc3)c2)cc1Br. The number of ether oxygens (including phenoxy) is 1. The second kappa shape index (κ2) is 12.1. The standard InChI is InChI=1S/C25H24BrN3O3S/c1-2-3-14-32-22-13-12-18(16-21(22)26)24(31)29-25(33)28-20-11-7-8-17(15-20)23(30)27-19-9-5-4-6-10-19/h4-13,15-16H,2-3,14H2,1H3,(H,27,30)(H2,28,29,31,33). The van der Waals surface area contributed by atoms with Crippen molar-refractivity contribution in [1.82, 2.24) is 5.32 Å². The van der Waals surface area contributed by atoms with Crippen molar-refractivity contribution in [1.29, 1.82) is 0 Å². The van der Waals surface area contributed by atoms with Crippen molar-refractivity contribution in [2.75, 3.05) is 17.2 Å². The van der Waals surface area contributed by atoms with Gasteiger partial charge >= 0.3 is 0 Å². The number of carbonyl (C=O) groups is 2. The minimum Gasteiger partial charge on any atom is -0.492 e. The third kappa shape index (κ3) is 7.40. The normalized spacial score (nSPS) is 10.2. The lowest BCUT2D eigenvalue weighted by molar-refractivity contribution is 0.0976. The van der Waals surface area contributed by atoms with Gasteiger partial charge in [-0.25, -0.2) is 0 Å². The molecule has 0 radical (unpaired) electrons. The van der Waals surface area contributed by atoms with E-state index in [1.807, 2.05) is 30.3 Å². The van der Waals surface area contributed by atoms with Crippen LogP contribution in [0.3, 0.4) is 0 Å². The zero-order valence-electron chi connectivity index (χ0n) is 18.1. The van der Waals surface area contributed by atoms with Gasteiger partial charge in [0.05, 0.1) is 11.1 Å². The van der Waals surface area contributed by atoms with Gasteiger partial charge in [-0.05, 0) is 83.1 Å². The Morgan fingerprint density at radius 3 is 2.33 bits per heavy atom. The van der Waals surface area contributed by atoms with Crippen LogP contribution < -0.4 is 20.7 Å². The van der Waals surface area contributed by atoms with Crippen molar-refractivity contribution in [3.8, 4) is 5.75 Å². The second-order valence-electron chi connectivity index (χ2n) is 7.16. The van der Waals surface area contributed by atoms with E-state index in [2.05, 4.69) is 38.8 Å². The van der Waals surface area contributed by atoms with E-state index in [9.17, 15) is 9.59 Å². The van der Waals surface area contributed by atoms with Crippen LogP contribution in [0.25, 0.3) is 0 Å². The number of amides is 2. The predicted octanol–water partition coefficient (Wildman–Crippen LogP) is 6.01. The number of thiocarbonyl (C=S) groups is 1. The first-order chi connectivity index (χ1) is 16.0. The van der Waals surface area contributed by atoms with Crippen molar-refractivity contribution in [3.63, 3.8) is 0 Å². The highest BCUT2D eigenvalue weighted by atomic mass is 79.9. The monoisotopic (exact) mass is 525 g/mol. The molecule has 0 aliphatic rings. The molecular formula is C25H24BrN3O3S. The van der Waals surface area contributed by atoms with Gasteiger partial charge in [0.1, 0.15) is 5.75 Å². The first-order valence-electron chi connectivity index (χ1n) is 10.5. The Kier molecular flexibility index (Phi) is 8.97. The molecule has 0 bridgehead atoms. The van der Waals surface area contributed by atoms with Crippen LogP contribution in [0.2, 0.25) is 0 Å². The first kappa shape index (κ1) is 24.4. The molecule has 3 aromatic rings. The molecule has 0 unspecified atom stereocenters. The summed E-state index contributed by atoms with van der Waals surface area (Å²) in [5, 5.41) is 8.56. The molecule has 3 aromatic carbocycles. The van der Waals surface area contributed by atoms with Crippen molar-refractivity contribution in [3.05, 3.63) is 88.4 Å². The maximum absolute atomic E-state index is 12.6. The van der Waals surface area contributed by atoms with E-state index in [1.54, 1.807) is 42.5 Å². The number of carbonyl (C=O) groups excluding carboxylic acids is 2. The quantitative estimate of drug-likeness (QED) is 0.248. The summed E-state index contributed by atoms with van der Waals surface area (Å²) in [5.74, 6) is 0.0866. The summed E-state index contributed by atoms with van der Waals surface area (Å²) < 4.78 is 6.39. The highest BCUT2D eigenvalue weighted by Gasteiger charge is 2.12. The Morgan fingerprint density at radius 2 is 1.61 bits per heavy atom. The Hall–Kier alpha value is -3.23. The largest absolute Gasteiger partial charge is 0.492 e. The number of benzene rings is 3. The fourth-order valence-corrected chi connectivity index (χ4v) is 3.59. The Morgan fingerprint density at radius 1 is 0.879 bits per heavy atom. The summed E-state index contributed by atoms with van der Waals surface area (Å²) in [7, 11) is 0. The van der Waals surface area contributed by atoms with Gasteiger partial charge in [-0.2, -0.15) is 0 Å². The third-order valence-electron chi connectivity index (χ3n) is 4.59. The van der Waals surface area contributed by atoms with E-state index in [0.29, 0.717) is 39.3 Å². The molecule has 0 saturated heterocycles. The van der Waals surface area contributed by atoms with Crippen molar-refractivity contribution < 1.29 is 14.3 Å². The third-order valence-corrected chi connectivity index (χ3v) is 5.41. The first-order valence-corrected chi connectivity index (χ1v) is 11.7. The van der Waals surface area contributed by atoms with Crippen LogP contribution in [0.15, 0.2) is 77.3 Å². The maximum Gasteiger partial charge on any atom is 0.257 e. The van der Waals surface area contributed by atoms with E-state index >= 15 is 0 Å². The van der Waals surface area contributed by atoms with E-state index in [0.717, 1.165) is 12.8 Å². The van der Waals surface area contributed by atoms with Crippen LogP contribution in [-0.4, -0.2) is 23.5 Å². The fourth-order valence-electron chi connectivity index (χ4n) is 2.89. The van der Waals surface area contributed by atoms with Gasteiger partial charge in [0.25, 0.3) is 11.8 Å². The summed E-state index contributed by atoms with van der Waals surface area (Å²) in [6, 6.07) is 21.2. The van der Waals surface area contributed by atoms with Gasteiger partial charge in [0, 0.05) is 22.5 Å². The number of unbranched alkanes of at least 4 members (excludes halogenated alkanes) is 1. The minimum absolute atomic E-state index is 0.125.